The van der Waals surface area contributed by atoms with Gasteiger partial charge in [0.05, 0.1) is 16.7 Å². The molecule has 0 unspecified atom stereocenters. The van der Waals surface area contributed by atoms with Gasteiger partial charge < -0.3 is 24.4 Å². The van der Waals surface area contributed by atoms with E-state index in [4.69, 9.17) is 32.7 Å². The fourth-order valence-electron chi connectivity index (χ4n) is 5.15. The SMILES string of the molecule is O=C(c1ccc(OCC2CCN(CC3CC3)CC2)cc1)N1CCC(O)(COc2ccc(Cl)c(Cl)c2)CC1. The van der Waals surface area contributed by atoms with Crippen molar-refractivity contribution in [1.82, 2.24) is 9.80 Å². The lowest BCUT2D eigenvalue weighted by atomic mass is 9.92. The van der Waals surface area contributed by atoms with Crippen molar-refractivity contribution >= 4 is 29.1 Å². The van der Waals surface area contributed by atoms with Crippen molar-refractivity contribution in [2.24, 2.45) is 11.8 Å². The van der Waals surface area contributed by atoms with Crippen molar-refractivity contribution in [3.05, 3.63) is 58.1 Å². The third-order valence-electron chi connectivity index (χ3n) is 7.89. The van der Waals surface area contributed by atoms with Gasteiger partial charge in [-0.2, -0.15) is 0 Å². The molecule has 37 heavy (non-hydrogen) atoms. The Morgan fingerprint density at radius 1 is 0.865 bits per heavy atom. The minimum atomic E-state index is -0.991. The monoisotopic (exact) mass is 546 g/mol. The maximum atomic E-state index is 13.0. The lowest BCUT2D eigenvalue weighted by Crippen LogP contribution is -2.49. The van der Waals surface area contributed by atoms with Gasteiger partial charge in [-0.15, -0.1) is 0 Å². The second kappa shape index (κ2) is 11.8. The summed E-state index contributed by atoms with van der Waals surface area (Å²) in [6, 6.07) is 12.5. The van der Waals surface area contributed by atoms with Crippen LogP contribution in [0.2, 0.25) is 10.0 Å². The van der Waals surface area contributed by atoms with Crippen molar-refractivity contribution in [3.8, 4) is 11.5 Å². The molecule has 1 amide bonds. The predicted molar refractivity (Wildman–Crippen MR) is 146 cm³/mol. The van der Waals surface area contributed by atoms with E-state index >= 15 is 0 Å². The summed E-state index contributed by atoms with van der Waals surface area (Å²) in [6.07, 6.45) is 6.11. The standard InChI is InChI=1S/C29H36Cl2N2O4/c30-26-8-7-25(17-27(26)31)37-20-29(35)11-15-33(16-12-29)28(34)23-3-5-24(6-4-23)36-19-22-9-13-32(14-10-22)18-21-1-2-21/h3-8,17,21-22,35H,1-2,9-16,18-20H2. The molecule has 2 saturated heterocycles. The number of hydrogen-bond acceptors (Lipinski definition) is 5. The number of ether oxygens (including phenoxy) is 2. The molecule has 1 N–H and O–H groups in total. The zero-order valence-corrected chi connectivity index (χ0v) is 22.7. The molecule has 0 bridgehead atoms. The van der Waals surface area contributed by atoms with E-state index in [0.29, 0.717) is 53.2 Å². The van der Waals surface area contributed by atoms with Crippen molar-refractivity contribution in [3.63, 3.8) is 0 Å². The molecule has 6 nitrogen and oxygen atoms in total. The summed E-state index contributed by atoms with van der Waals surface area (Å²) >= 11 is 12.0. The summed E-state index contributed by atoms with van der Waals surface area (Å²) in [7, 11) is 0. The van der Waals surface area contributed by atoms with E-state index in [1.807, 2.05) is 24.3 Å². The average molecular weight is 548 g/mol. The van der Waals surface area contributed by atoms with Crippen LogP contribution in [0.5, 0.6) is 11.5 Å². The summed E-state index contributed by atoms with van der Waals surface area (Å²) in [5.41, 5.74) is -0.354. The number of carbonyl (C=O) groups is 1. The molecule has 0 atom stereocenters. The molecule has 1 saturated carbocycles. The van der Waals surface area contributed by atoms with E-state index in [2.05, 4.69) is 4.90 Å². The molecule has 0 aromatic heterocycles. The Morgan fingerprint density at radius 2 is 1.54 bits per heavy atom. The first kappa shape index (κ1) is 26.6. The number of hydrogen-bond donors (Lipinski definition) is 1. The molecule has 2 aliphatic heterocycles. The number of rotatable bonds is 9. The van der Waals surface area contributed by atoms with Crippen molar-refractivity contribution in [2.75, 3.05) is 45.9 Å². The summed E-state index contributed by atoms with van der Waals surface area (Å²) in [5.74, 6) is 2.90. The number of nitrogens with zero attached hydrogens (tertiary/aromatic N) is 2. The summed E-state index contributed by atoms with van der Waals surface area (Å²) in [5, 5.41) is 11.8. The fourth-order valence-corrected chi connectivity index (χ4v) is 5.43. The van der Waals surface area contributed by atoms with Gasteiger partial charge in [0.2, 0.25) is 0 Å². The first-order valence-corrected chi connectivity index (χ1v) is 14.2. The van der Waals surface area contributed by atoms with E-state index in [0.717, 1.165) is 18.3 Å². The van der Waals surface area contributed by atoms with Gasteiger partial charge >= 0.3 is 0 Å². The predicted octanol–water partition coefficient (Wildman–Crippen LogP) is 5.54. The summed E-state index contributed by atoms with van der Waals surface area (Å²) < 4.78 is 11.8. The topological polar surface area (TPSA) is 62.2 Å². The normalized spacial score (nSPS) is 20.6. The van der Waals surface area contributed by atoms with Crippen LogP contribution in [-0.4, -0.2) is 72.4 Å². The maximum absolute atomic E-state index is 13.0. The third-order valence-corrected chi connectivity index (χ3v) is 8.63. The molecular weight excluding hydrogens is 511 g/mol. The number of piperidine rings is 2. The Morgan fingerprint density at radius 3 is 2.19 bits per heavy atom. The number of likely N-dealkylation sites (tertiary alicyclic amines) is 2. The van der Waals surface area contributed by atoms with Crippen LogP contribution < -0.4 is 9.47 Å². The van der Waals surface area contributed by atoms with Crippen molar-refractivity contribution in [1.29, 1.82) is 0 Å². The van der Waals surface area contributed by atoms with Crippen molar-refractivity contribution in [2.45, 2.75) is 44.1 Å². The van der Waals surface area contributed by atoms with Gasteiger partial charge in [0.1, 0.15) is 23.7 Å². The third kappa shape index (κ3) is 7.32. The number of benzene rings is 2. The minimum Gasteiger partial charge on any atom is -0.493 e. The Balaban J connectivity index is 1.04. The molecule has 0 spiro atoms. The second-order valence-corrected chi connectivity index (χ2v) is 11.7. The zero-order chi connectivity index (χ0) is 25.8. The highest BCUT2D eigenvalue weighted by molar-refractivity contribution is 6.42. The smallest absolute Gasteiger partial charge is 0.253 e. The van der Waals surface area contributed by atoms with Gasteiger partial charge in [-0.05, 0) is 99.8 Å². The summed E-state index contributed by atoms with van der Waals surface area (Å²) in [4.78, 5) is 17.4. The van der Waals surface area contributed by atoms with Gasteiger partial charge in [-0.3, -0.25) is 4.79 Å². The Bertz CT molecular complexity index is 1060. The largest absolute Gasteiger partial charge is 0.493 e. The molecule has 1 aliphatic carbocycles. The molecule has 200 valence electrons. The van der Waals surface area contributed by atoms with Crippen LogP contribution in [0, 0.1) is 11.8 Å². The van der Waals surface area contributed by atoms with E-state index < -0.39 is 5.60 Å². The van der Waals surface area contributed by atoms with Crippen LogP contribution in [0.3, 0.4) is 0 Å². The van der Waals surface area contributed by atoms with Crippen LogP contribution in [0.1, 0.15) is 48.9 Å². The molecule has 3 fully saturated rings. The quantitative estimate of drug-likeness (QED) is 0.447. The molecule has 2 aromatic rings. The molecule has 0 radical (unpaired) electrons. The van der Waals surface area contributed by atoms with Gasteiger partial charge in [-0.1, -0.05) is 23.2 Å². The highest BCUT2D eigenvalue weighted by Gasteiger charge is 2.35. The molecule has 5 rings (SSSR count). The maximum Gasteiger partial charge on any atom is 0.253 e. The lowest BCUT2D eigenvalue weighted by molar-refractivity contribution is -0.0475. The van der Waals surface area contributed by atoms with Crippen LogP contribution in [0.15, 0.2) is 42.5 Å². The van der Waals surface area contributed by atoms with E-state index in [9.17, 15) is 9.90 Å². The second-order valence-electron chi connectivity index (χ2n) is 10.9. The first-order chi connectivity index (χ1) is 17.9. The molecular formula is C29H36Cl2N2O4. The Hall–Kier alpha value is -1.99. The Kier molecular flexibility index (Phi) is 8.50. The molecule has 2 heterocycles. The first-order valence-electron chi connectivity index (χ1n) is 13.4. The summed E-state index contributed by atoms with van der Waals surface area (Å²) in [6.45, 7) is 5.47. The highest BCUT2D eigenvalue weighted by atomic mass is 35.5. The molecule has 8 heteroatoms. The van der Waals surface area contributed by atoms with Crippen LogP contribution in [0.4, 0.5) is 0 Å². The fraction of sp³-hybridized carbons (Fsp3) is 0.552. The average Bonchev–Trinajstić information content (AvgIpc) is 3.73. The number of carbonyl (C=O) groups excluding carboxylic acids is 1. The number of aliphatic hydroxyl groups is 1. The van der Waals surface area contributed by atoms with Gasteiger partial charge in [0, 0.05) is 31.3 Å². The van der Waals surface area contributed by atoms with Crippen LogP contribution >= 0.6 is 23.2 Å². The van der Waals surface area contributed by atoms with E-state index in [1.165, 1.54) is 45.3 Å². The van der Waals surface area contributed by atoms with Gasteiger partial charge in [-0.25, -0.2) is 0 Å². The molecule has 2 aromatic carbocycles. The molecule has 3 aliphatic rings. The van der Waals surface area contributed by atoms with Crippen LogP contribution in [-0.2, 0) is 0 Å². The van der Waals surface area contributed by atoms with Gasteiger partial charge in [0.15, 0.2) is 0 Å². The number of halogens is 2. The van der Waals surface area contributed by atoms with Crippen molar-refractivity contribution < 1.29 is 19.4 Å². The highest BCUT2D eigenvalue weighted by Crippen LogP contribution is 2.32. The lowest BCUT2D eigenvalue weighted by Gasteiger charge is -2.38. The van der Waals surface area contributed by atoms with Crippen LogP contribution in [0.25, 0.3) is 0 Å². The van der Waals surface area contributed by atoms with Gasteiger partial charge in [0.25, 0.3) is 5.91 Å². The zero-order valence-electron chi connectivity index (χ0n) is 21.2. The van der Waals surface area contributed by atoms with E-state index in [1.54, 1.807) is 23.1 Å². The number of amides is 1. The minimum absolute atomic E-state index is 0.0259. The van der Waals surface area contributed by atoms with E-state index in [-0.39, 0.29) is 12.5 Å². The Labute approximate surface area is 229 Å².